The van der Waals surface area contributed by atoms with Gasteiger partial charge in [-0.15, -0.1) is 0 Å². The van der Waals surface area contributed by atoms with Gasteiger partial charge in [0.2, 0.25) is 0 Å². The van der Waals surface area contributed by atoms with Crippen molar-refractivity contribution in [2.75, 3.05) is 5.32 Å². The van der Waals surface area contributed by atoms with Crippen molar-refractivity contribution in [3.8, 4) is 0 Å². The van der Waals surface area contributed by atoms with Crippen molar-refractivity contribution in [2.45, 2.75) is 19.9 Å². The van der Waals surface area contributed by atoms with Gasteiger partial charge in [-0.2, -0.15) is 0 Å². The minimum atomic E-state index is 0.186. The first-order valence-corrected chi connectivity index (χ1v) is 6.75. The fourth-order valence-corrected chi connectivity index (χ4v) is 2.21. The fraction of sp³-hybridized carbons (Fsp3) is 0.188. The van der Waals surface area contributed by atoms with Gasteiger partial charge in [0.05, 0.1) is 6.04 Å². The van der Waals surface area contributed by atoms with Crippen molar-refractivity contribution in [1.82, 2.24) is 5.32 Å². The number of benzene rings is 2. The molecule has 0 spiro atoms. The molecule has 2 rings (SSSR count). The van der Waals surface area contributed by atoms with Crippen molar-refractivity contribution >= 4 is 23.0 Å². The second kappa shape index (κ2) is 6.34. The van der Waals surface area contributed by atoms with Crippen LogP contribution in [0.25, 0.3) is 0 Å². The van der Waals surface area contributed by atoms with E-state index < -0.39 is 0 Å². The third kappa shape index (κ3) is 4.07. The van der Waals surface area contributed by atoms with Gasteiger partial charge in [0.15, 0.2) is 5.11 Å². The monoisotopic (exact) mass is 270 g/mol. The largest absolute Gasteiger partial charge is 0.356 e. The highest BCUT2D eigenvalue weighted by molar-refractivity contribution is 7.80. The minimum Gasteiger partial charge on any atom is -0.356 e. The molecule has 0 aromatic heterocycles. The number of hydrogen-bond donors (Lipinski definition) is 2. The molecule has 0 aliphatic rings. The van der Waals surface area contributed by atoms with Gasteiger partial charge in [-0.25, -0.2) is 0 Å². The summed E-state index contributed by atoms with van der Waals surface area (Å²) >= 11 is 5.33. The Hall–Kier alpha value is -1.87. The Balaban J connectivity index is 1.95. The Morgan fingerprint density at radius 3 is 2.47 bits per heavy atom. The molecule has 0 saturated heterocycles. The third-order valence-corrected chi connectivity index (χ3v) is 3.14. The molecule has 2 N–H and O–H groups in total. The summed E-state index contributed by atoms with van der Waals surface area (Å²) in [6.45, 7) is 4.16. The normalized spacial score (nSPS) is 11.7. The molecular formula is C16H18N2S. The molecule has 98 valence electrons. The second-order valence-corrected chi connectivity index (χ2v) is 5.01. The summed E-state index contributed by atoms with van der Waals surface area (Å²) in [5.41, 5.74) is 3.44. The van der Waals surface area contributed by atoms with E-state index in [0.29, 0.717) is 5.11 Å². The van der Waals surface area contributed by atoms with Gasteiger partial charge < -0.3 is 10.6 Å². The zero-order chi connectivity index (χ0) is 13.7. The number of rotatable bonds is 3. The van der Waals surface area contributed by atoms with E-state index in [-0.39, 0.29) is 6.04 Å². The number of hydrogen-bond acceptors (Lipinski definition) is 1. The van der Waals surface area contributed by atoms with E-state index >= 15 is 0 Å². The number of anilines is 1. The van der Waals surface area contributed by atoms with Gasteiger partial charge in [-0.1, -0.05) is 42.5 Å². The first kappa shape index (κ1) is 13.6. The summed E-state index contributed by atoms with van der Waals surface area (Å²) in [6.07, 6.45) is 0. The lowest BCUT2D eigenvalue weighted by Crippen LogP contribution is -2.30. The summed E-state index contributed by atoms with van der Waals surface area (Å²) in [4.78, 5) is 0. The van der Waals surface area contributed by atoms with Gasteiger partial charge in [0, 0.05) is 5.69 Å². The summed E-state index contributed by atoms with van der Waals surface area (Å²) in [5.74, 6) is 0. The topological polar surface area (TPSA) is 24.1 Å². The average Bonchev–Trinajstić information content (AvgIpc) is 2.39. The van der Waals surface area contributed by atoms with Crippen molar-refractivity contribution < 1.29 is 0 Å². The van der Waals surface area contributed by atoms with Crippen LogP contribution in [0.1, 0.15) is 24.1 Å². The molecule has 0 bridgehead atoms. The van der Waals surface area contributed by atoms with Gasteiger partial charge in [0.1, 0.15) is 0 Å². The van der Waals surface area contributed by atoms with Crippen molar-refractivity contribution in [3.05, 3.63) is 65.7 Å². The van der Waals surface area contributed by atoms with E-state index in [2.05, 4.69) is 48.7 Å². The van der Waals surface area contributed by atoms with Crippen LogP contribution in [-0.4, -0.2) is 5.11 Å². The summed E-state index contributed by atoms with van der Waals surface area (Å²) in [5, 5.41) is 7.13. The summed E-state index contributed by atoms with van der Waals surface area (Å²) < 4.78 is 0. The molecule has 0 aliphatic heterocycles. The van der Waals surface area contributed by atoms with Gasteiger partial charge >= 0.3 is 0 Å². The smallest absolute Gasteiger partial charge is 0.171 e. The Labute approximate surface area is 119 Å². The first-order valence-electron chi connectivity index (χ1n) is 6.34. The lowest BCUT2D eigenvalue weighted by molar-refractivity contribution is 0.722. The maximum absolute atomic E-state index is 5.33. The van der Waals surface area contributed by atoms with Crippen molar-refractivity contribution in [1.29, 1.82) is 0 Å². The Morgan fingerprint density at radius 1 is 1.05 bits per heavy atom. The van der Waals surface area contributed by atoms with Crippen LogP contribution in [0, 0.1) is 6.92 Å². The molecule has 3 heteroatoms. The molecule has 0 saturated carbocycles. The van der Waals surface area contributed by atoms with Crippen LogP contribution in [0.4, 0.5) is 5.69 Å². The Bertz CT molecular complexity index is 552. The maximum atomic E-state index is 5.33. The first-order chi connectivity index (χ1) is 9.15. The highest BCUT2D eigenvalue weighted by atomic mass is 32.1. The molecule has 0 amide bonds. The molecule has 0 aliphatic carbocycles. The molecule has 1 atom stereocenters. The molecule has 2 aromatic rings. The molecule has 0 heterocycles. The average molecular weight is 270 g/mol. The number of nitrogens with one attached hydrogen (secondary N) is 2. The van der Waals surface area contributed by atoms with Gasteiger partial charge in [-0.05, 0) is 49.3 Å². The predicted molar refractivity (Wildman–Crippen MR) is 85.4 cm³/mol. The number of thiocarbonyl (C=S) groups is 1. The van der Waals surface area contributed by atoms with E-state index in [0.717, 1.165) is 5.69 Å². The molecule has 0 unspecified atom stereocenters. The van der Waals surface area contributed by atoms with E-state index in [4.69, 9.17) is 12.2 Å². The third-order valence-electron chi connectivity index (χ3n) is 2.92. The molecule has 2 nitrogen and oxygen atoms in total. The van der Waals surface area contributed by atoms with E-state index in [1.807, 2.05) is 30.3 Å². The summed E-state index contributed by atoms with van der Waals surface area (Å²) in [6, 6.07) is 18.6. The van der Waals surface area contributed by atoms with E-state index in [9.17, 15) is 0 Å². The van der Waals surface area contributed by atoms with E-state index in [1.165, 1.54) is 11.1 Å². The Morgan fingerprint density at radius 2 is 1.79 bits per heavy atom. The van der Waals surface area contributed by atoms with Crippen LogP contribution in [-0.2, 0) is 0 Å². The molecule has 19 heavy (non-hydrogen) atoms. The standard InChI is InChI=1S/C16H18N2S/c1-12-7-6-10-15(11-12)18-16(19)17-13(2)14-8-4-3-5-9-14/h3-11,13H,1-2H3,(H2,17,18,19)/t13-/m1/s1. The van der Waals surface area contributed by atoms with Crippen LogP contribution >= 0.6 is 12.2 Å². The highest BCUT2D eigenvalue weighted by Gasteiger charge is 2.06. The minimum absolute atomic E-state index is 0.186. The van der Waals surface area contributed by atoms with Crippen LogP contribution in [0.15, 0.2) is 54.6 Å². The van der Waals surface area contributed by atoms with Crippen molar-refractivity contribution in [3.63, 3.8) is 0 Å². The van der Waals surface area contributed by atoms with Crippen molar-refractivity contribution in [2.24, 2.45) is 0 Å². The zero-order valence-electron chi connectivity index (χ0n) is 11.2. The molecule has 0 radical (unpaired) electrons. The Kier molecular flexibility index (Phi) is 4.53. The van der Waals surface area contributed by atoms with Crippen LogP contribution in [0.5, 0.6) is 0 Å². The number of aryl methyl sites for hydroxylation is 1. The zero-order valence-corrected chi connectivity index (χ0v) is 12.0. The van der Waals surface area contributed by atoms with Crippen LogP contribution < -0.4 is 10.6 Å². The molecule has 2 aromatic carbocycles. The lowest BCUT2D eigenvalue weighted by atomic mass is 10.1. The maximum Gasteiger partial charge on any atom is 0.171 e. The fourth-order valence-electron chi connectivity index (χ4n) is 1.91. The SMILES string of the molecule is Cc1cccc(NC(=S)N[C@H](C)c2ccccc2)c1. The predicted octanol–water partition coefficient (Wildman–Crippen LogP) is 4.04. The highest BCUT2D eigenvalue weighted by Crippen LogP contribution is 2.13. The van der Waals surface area contributed by atoms with Gasteiger partial charge in [-0.3, -0.25) is 0 Å². The molecule has 0 fully saturated rings. The summed E-state index contributed by atoms with van der Waals surface area (Å²) in [7, 11) is 0. The molecular weight excluding hydrogens is 252 g/mol. The van der Waals surface area contributed by atoms with Gasteiger partial charge in [0.25, 0.3) is 0 Å². The van der Waals surface area contributed by atoms with Crippen LogP contribution in [0.2, 0.25) is 0 Å². The van der Waals surface area contributed by atoms with E-state index in [1.54, 1.807) is 0 Å². The quantitative estimate of drug-likeness (QED) is 0.823. The lowest BCUT2D eigenvalue weighted by Gasteiger charge is -2.17. The van der Waals surface area contributed by atoms with Crippen LogP contribution in [0.3, 0.4) is 0 Å². The second-order valence-electron chi connectivity index (χ2n) is 4.60.